The lowest BCUT2D eigenvalue weighted by molar-refractivity contribution is -0.142. The number of nitrogens with two attached hydrogens (primary N) is 2. The van der Waals surface area contributed by atoms with Gasteiger partial charge in [-0.15, -0.1) is 0 Å². The molecule has 1 aromatic rings. The van der Waals surface area contributed by atoms with Crippen LogP contribution in [0.1, 0.15) is 38.2 Å². The zero-order valence-electron chi connectivity index (χ0n) is 16.3. The summed E-state index contributed by atoms with van der Waals surface area (Å²) < 4.78 is 0. The molecule has 156 valence electrons. The third kappa shape index (κ3) is 15.3. The first-order valence-electron chi connectivity index (χ1n) is 8.85. The van der Waals surface area contributed by atoms with Crippen molar-refractivity contribution in [2.75, 3.05) is 6.54 Å². The number of aryl methyl sites for hydroxylation is 1. The Labute approximate surface area is 164 Å². The quantitative estimate of drug-likeness (QED) is 0.391. The lowest BCUT2D eigenvalue weighted by Gasteiger charge is -2.13. The van der Waals surface area contributed by atoms with E-state index in [0.29, 0.717) is 6.41 Å². The molecule has 9 heteroatoms. The predicted molar refractivity (Wildman–Crippen MR) is 105 cm³/mol. The predicted octanol–water partition coefficient (Wildman–Crippen LogP) is 0.0599. The number of primary amides is 1. The van der Waals surface area contributed by atoms with Crippen LogP contribution in [0.5, 0.6) is 0 Å². The van der Waals surface area contributed by atoms with Gasteiger partial charge < -0.3 is 27.2 Å². The lowest BCUT2D eigenvalue weighted by Crippen LogP contribution is -2.44. The fourth-order valence-electron chi connectivity index (χ4n) is 1.66. The number of carboxylic acid groups (broad SMARTS) is 1. The van der Waals surface area contributed by atoms with Crippen molar-refractivity contribution in [2.45, 2.75) is 51.1 Å². The summed E-state index contributed by atoms with van der Waals surface area (Å²) >= 11 is 0. The van der Waals surface area contributed by atoms with E-state index in [2.05, 4.69) is 36.6 Å². The molecule has 0 aromatic heterocycles. The minimum atomic E-state index is -1.26. The van der Waals surface area contributed by atoms with Crippen molar-refractivity contribution in [2.24, 2.45) is 11.5 Å². The van der Waals surface area contributed by atoms with Crippen LogP contribution in [-0.2, 0) is 19.2 Å². The van der Waals surface area contributed by atoms with Crippen molar-refractivity contribution in [1.29, 1.82) is 0 Å². The Hall–Kier alpha value is -2.94. The van der Waals surface area contributed by atoms with E-state index in [1.165, 1.54) is 18.4 Å². The zero-order valence-corrected chi connectivity index (χ0v) is 16.3. The number of hydrogen-bond acceptors (Lipinski definition) is 5. The van der Waals surface area contributed by atoms with Crippen molar-refractivity contribution in [3.63, 3.8) is 0 Å². The summed E-state index contributed by atoms with van der Waals surface area (Å²) in [7, 11) is 0. The number of hydrogen-bond donors (Lipinski definition) is 5. The minimum absolute atomic E-state index is 0.0858. The average Bonchev–Trinajstić information content (AvgIpc) is 3.32. The van der Waals surface area contributed by atoms with Crippen LogP contribution in [0.2, 0.25) is 0 Å². The van der Waals surface area contributed by atoms with E-state index >= 15 is 0 Å². The van der Waals surface area contributed by atoms with E-state index in [0.717, 1.165) is 0 Å². The number of aliphatic carboxylic acids is 1. The summed E-state index contributed by atoms with van der Waals surface area (Å²) in [5.41, 5.74) is 11.9. The molecule has 0 radical (unpaired) electrons. The van der Waals surface area contributed by atoms with Gasteiger partial charge in [0.2, 0.25) is 18.2 Å². The highest BCUT2D eigenvalue weighted by atomic mass is 16.4. The van der Waals surface area contributed by atoms with Gasteiger partial charge in [0.1, 0.15) is 6.04 Å². The molecule has 1 aliphatic rings. The molecule has 1 aliphatic carbocycles. The molecule has 2 rings (SSSR count). The van der Waals surface area contributed by atoms with Crippen LogP contribution >= 0.6 is 0 Å². The van der Waals surface area contributed by atoms with Gasteiger partial charge in [0.05, 0.1) is 6.54 Å². The van der Waals surface area contributed by atoms with Crippen molar-refractivity contribution in [3.05, 3.63) is 35.9 Å². The van der Waals surface area contributed by atoms with Gasteiger partial charge in [-0.1, -0.05) is 35.9 Å². The molecule has 0 saturated heterocycles. The standard InChI is InChI=1S/C8H13N3O5.C7H8.C4H9N/c9-6(13)2-1-5(8(15)16)11-7(14)3-10-4-12;1-7-5-3-2-4-6-7;1-4(5)2-3-4/h4-5H,1-3H2,(H2,9,13)(H,10,12)(H,11,14)(H,15,16);2-6H,1H3;2-3,5H2,1H3. The van der Waals surface area contributed by atoms with E-state index in [9.17, 15) is 19.2 Å². The molecule has 3 amide bonds. The van der Waals surface area contributed by atoms with E-state index in [1.54, 1.807) is 0 Å². The van der Waals surface area contributed by atoms with E-state index in [4.69, 9.17) is 16.6 Å². The van der Waals surface area contributed by atoms with Crippen LogP contribution < -0.4 is 22.1 Å². The van der Waals surface area contributed by atoms with Crippen LogP contribution in [0.3, 0.4) is 0 Å². The molecule has 1 fully saturated rings. The number of carbonyl (C=O) groups excluding carboxylic acids is 3. The Balaban J connectivity index is 0.000000486. The van der Waals surface area contributed by atoms with Gasteiger partial charge in [0, 0.05) is 12.0 Å². The Bertz CT molecular complexity index is 628. The molecule has 0 spiro atoms. The first kappa shape index (κ1) is 25.1. The SMILES string of the molecule is CC1(N)CC1.Cc1ccccc1.NC(=O)CCC(NC(=O)CNC=O)C(=O)O. The highest BCUT2D eigenvalue weighted by Crippen LogP contribution is 2.30. The molecular weight excluding hydrogens is 364 g/mol. The second-order valence-corrected chi connectivity index (χ2v) is 6.77. The molecule has 0 heterocycles. The molecule has 1 atom stereocenters. The van der Waals surface area contributed by atoms with E-state index in [-0.39, 0.29) is 24.9 Å². The second-order valence-electron chi connectivity index (χ2n) is 6.77. The molecule has 0 aliphatic heterocycles. The van der Waals surface area contributed by atoms with Gasteiger partial charge in [0.15, 0.2) is 0 Å². The largest absolute Gasteiger partial charge is 0.480 e. The maximum atomic E-state index is 11.0. The lowest BCUT2D eigenvalue weighted by atomic mass is 10.1. The number of carbonyl (C=O) groups is 4. The van der Waals surface area contributed by atoms with Gasteiger partial charge in [-0.2, -0.15) is 0 Å². The van der Waals surface area contributed by atoms with E-state index in [1.807, 2.05) is 18.2 Å². The molecular formula is C19H30N4O5. The molecule has 7 N–H and O–H groups in total. The highest BCUT2D eigenvalue weighted by molar-refractivity contribution is 5.86. The summed E-state index contributed by atoms with van der Waals surface area (Å²) in [6.07, 6.45) is 2.55. The van der Waals surface area contributed by atoms with E-state index < -0.39 is 23.8 Å². The summed E-state index contributed by atoms with van der Waals surface area (Å²) in [4.78, 5) is 42.0. The smallest absolute Gasteiger partial charge is 0.326 e. The van der Waals surface area contributed by atoms with Gasteiger partial charge in [0.25, 0.3) is 0 Å². The number of carboxylic acids is 1. The molecule has 1 aromatic carbocycles. The monoisotopic (exact) mass is 394 g/mol. The molecule has 9 nitrogen and oxygen atoms in total. The third-order valence-corrected chi connectivity index (χ3v) is 3.64. The van der Waals surface area contributed by atoms with Gasteiger partial charge in [-0.3, -0.25) is 14.4 Å². The van der Waals surface area contributed by atoms with Crippen molar-refractivity contribution in [3.8, 4) is 0 Å². The van der Waals surface area contributed by atoms with Crippen LogP contribution in [0.4, 0.5) is 0 Å². The number of rotatable bonds is 8. The Morgan fingerprint density at radius 3 is 2.11 bits per heavy atom. The van der Waals surface area contributed by atoms with Gasteiger partial charge >= 0.3 is 5.97 Å². The maximum Gasteiger partial charge on any atom is 0.326 e. The summed E-state index contributed by atoms with van der Waals surface area (Å²) in [6, 6.07) is 9.07. The fraction of sp³-hybridized carbons (Fsp3) is 0.474. The number of benzene rings is 1. The molecule has 1 saturated carbocycles. The second kappa shape index (κ2) is 13.3. The van der Waals surface area contributed by atoms with Crippen LogP contribution in [0.15, 0.2) is 30.3 Å². The Kier molecular flexibility index (Phi) is 11.9. The zero-order chi connectivity index (χ0) is 21.6. The van der Waals surface area contributed by atoms with Crippen molar-refractivity contribution >= 4 is 24.2 Å². The van der Waals surface area contributed by atoms with Gasteiger partial charge in [-0.25, -0.2) is 4.79 Å². The number of amides is 3. The van der Waals surface area contributed by atoms with Crippen molar-refractivity contribution in [1.82, 2.24) is 10.6 Å². The topological polar surface area (TPSA) is 165 Å². The van der Waals surface area contributed by atoms with Crippen LogP contribution in [-0.4, -0.2) is 47.4 Å². The maximum absolute atomic E-state index is 11.0. The Morgan fingerprint density at radius 2 is 1.79 bits per heavy atom. The third-order valence-electron chi connectivity index (χ3n) is 3.64. The van der Waals surface area contributed by atoms with Crippen LogP contribution in [0, 0.1) is 6.92 Å². The summed E-state index contributed by atoms with van der Waals surface area (Å²) in [5, 5.41) is 12.9. The van der Waals surface area contributed by atoms with Gasteiger partial charge in [-0.05, 0) is 33.1 Å². The summed E-state index contributed by atoms with van der Waals surface area (Å²) in [5.74, 6) is -2.56. The molecule has 28 heavy (non-hydrogen) atoms. The normalized spacial score (nSPS) is 14.0. The molecule has 1 unspecified atom stereocenters. The first-order chi connectivity index (χ1) is 13.1. The first-order valence-corrected chi connectivity index (χ1v) is 8.85. The number of nitrogens with one attached hydrogen (secondary N) is 2. The fourth-order valence-corrected chi connectivity index (χ4v) is 1.66. The average molecular weight is 394 g/mol. The Morgan fingerprint density at radius 1 is 1.25 bits per heavy atom. The highest BCUT2D eigenvalue weighted by Gasteiger charge is 2.31. The van der Waals surface area contributed by atoms with Crippen LogP contribution in [0.25, 0.3) is 0 Å². The van der Waals surface area contributed by atoms with Crippen molar-refractivity contribution < 1.29 is 24.3 Å². The minimum Gasteiger partial charge on any atom is -0.480 e. The summed E-state index contributed by atoms with van der Waals surface area (Å²) in [6.45, 7) is 3.84. The molecule has 0 bridgehead atoms.